The molecule has 0 bridgehead atoms. The van der Waals surface area contributed by atoms with Gasteiger partial charge in [0.1, 0.15) is 6.61 Å². The molecule has 168 valence electrons. The molecule has 7 nitrogen and oxygen atoms in total. The minimum atomic E-state index is 0.186. The van der Waals surface area contributed by atoms with E-state index < -0.39 is 0 Å². The molecule has 0 spiro atoms. The van der Waals surface area contributed by atoms with Crippen LogP contribution in [0.4, 0.5) is 0 Å². The van der Waals surface area contributed by atoms with Gasteiger partial charge in [-0.25, -0.2) is 4.99 Å². The Bertz CT molecular complexity index is 812. The molecule has 1 saturated carbocycles. The molecule has 1 aromatic rings. The summed E-state index contributed by atoms with van der Waals surface area (Å²) in [7, 11) is 1.60. The van der Waals surface area contributed by atoms with Crippen molar-refractivity contribution >= 4 is 11.9 Å². The lowest BCUT2D eigenvalue weighted by Gasteiger charge is -2.21. The van der Waals surface area contributed by atoms with Crippen molar-refractivity contribution in [1.82, 2.24) is 15.5 Å². The van der Waals surface area contributed by atoms with Crippen molar-refractivity contribution < 1.29 is 14.3 Å². The molecule has 2 N–H and O–H groups in total. The molecule has 1 saturated heterocycles. The molecular formula is C24H34N4O3. The predicted octanol–water partition coefficient (Wildman–Crippen LogP) is 2.55. The summed E-state index contributed by atoms with van der Waals surface area (Å²) in [6.45, 7) is 5.05. The van der Waals surface area contributed by atoms with Crippen LogP contribution in [0.25, 0.3) is 0 Å². The van der Waals surface area contributed by atoms with E-state index in [1.54, 1.807) is 7.11 Å². The minimum Gasteiger partial charge on any atom is -0.493 e. The highest BCUT2D eigenvalue weighted by molar-refractivity contribution is 5.81. The van der Waals surface area contributed by atoms with Crippen molar-refractivity contribution in [3.05, 3.63) is 23.8 Å². The molecule has 2 aliphatic rings. The lowest BCUT2D eigenvalue weighted by Crippen LogP contribution is -2.45. The normalized spacial score (nSPS) is 19.2. The quantitative estimate of drug-likeness (QED) is 0.380. The SMILES string of the molecule is C#CCOc1cc(CN=C(NCC)NC2CCN(C(=O)C3CCCC3)C2)ccc1OC. The second-order valence-electron chi connectivity index (χ2n) is 8.07. The zero-order valence-corrected chi connectivity index (χ0v) is 18.7. The molecule has 3 rings (SSSR count). The second kappa shape index (κ2) is 11.5. The zero-order chi connectivity index (χ0) is 22.1. The summed E-state index contributed by atoms with van der Waals surface area (Å²) >= 11 is 0. The molecule has 31 heavy (non-hydrogen) atoms. The largest absolute Gasteiger partial charge is 0.493 e. The third kappa shape index (κ3) is 6.30. The molecule has 1 unspecified atom stereocenters. The van der Waals surface area contributed by atoms with Gasteiger partial charge in [0.25, 0.3) is 0 Å². The van der Waals surface area contributed by atoms with Gasteiger partial charge in [0.05, 0.1) is 13.7 Å². The number of nitrogens with zero attached hydrogens (tertiary/aromatic N) is 2. The fourth-order valence-electron chi connectivity index (χ4n) is 4.24. The average Bonchev–Trinajstić information content (AvgIpc) is 3.48. The molecule has 7 heteroatoms. The van der Waals surface area contributed by atoms with Crippen molar-refractivity contribution in [3.8, 4) is 23.8 Å². The highest BCUT2D eigenvalue weighted by atomic mass is 16.5. The molecule has 2 fully saturated rings. The van der Waals surface area contributed by atoms with Crippen LogP contribution >= 0.6 is 0 Å². The Morgan fingerprint density at radius 3 is 2.81 bits per heavy atom. The van der Waals surface area contributed by atoms with Gasteiger partial charge in [-0.15, -0.1) is 6.42 Å². The highest BCUT2D eigenvalue weighted by Gasteiger charge is 2.32. The van der Waals surface area contributed by atoms with E-state index in [9.17, 15) is 4.79 Å². The smallest absolute Gasteiger partial charge is 0.225 e. The van der Waals surface area contributed by atoms with E-state index in [1.165, 1.54) is 12.8 Å². The summed E-state index contributed by atoms with van der Waals surface area (Å²) in [6, 6.07) is 5.95. The Labute approximate surface area is 185 Å². The van der Waals surface area contributed by atoms with Crippen LogP contribution in [0.2, 0.25) is 0 Å². The number of rotatable bonds is 8. The average molecular weight is 427 g/mol. The van der Waals surface area contributed by atoms with E-state index in [0.717, 1.165) is 50.4 Å². The monoisotopic (exact) mass is 426 g/mol. The van der Waals surface area contributed by atoms with Crippen molar-refractivity contribution in [1.29, 1.82) is 0 Å². The van der Waals surface area contributed by atoms with Crippen molar-refractivity contribution in [3.63, 3.8) is 0 Å². The molecule has 1 atom stereocenters. The van der Waals surface area contributed by atoms with Crippen LogP contribution in [0.5, 0.6) is 11.5 Å². The maximum Gasteiger partial charge on any atom is 0.225 e. The first-order chi connectivity index (χ1) is 15.1. The predicted molar refractivity (Wildman–Crippen MR) is 122 cm³/mol. The minimum absolute atomic E-state index is 0.186. The fraction of sp³-hybridized carbons (Fsp3) is 0.583. The Morgan fingerprint density at radius 1 is 1.29 bits per heavy atom. The van der Waals surface area contributed by atoms with E-state index in [2.05, 4.69) is 16.6 Å². The van der Waals surface area contributed by atoms with Crippen LogP contribution in [0.1, 0.15) is 44.6 Å². The first-order valence-electron chi connectivity index (χ1n) is 11.2. The van der Waals surface area contributed by atoms with Gasteiger partial charge in [0.15, 0.2) is 17.5 Å². The van der Waals surface area contributed by atoms with Crippen LogP contribution in [0.3, 0.4) is 0 Å². The van der Waals surface area contributed by atoms with Gasteiger partial charge < -0.3 is 25.0 Å². The molecule has 0 aromatic heterocycles. The molecule has 1 aliphatic heterocycles. The number of benzene rings is 1. The number of amides is 1. The third-order valence-corrected chi connectivity index (χ3v) is 5.85. The first-order valence-corrected chi connectivity index (χ1v) is 11.2. The molecule has 0 radical (unpaired) electrons. The number of hydrogen-bond acceptors (Lipinski definition) is 4. The first kappa shape index (κ1) is 22.8. The van der Waals surface area contributed by atoms with E-state index in [0.29, 0.717) is 24.0 Å². The van der Waals surface area contributed by atoms with Gasteiger partial charge in [-0.05, 0) is 43.9 Å². The number of carbonyl (C=O) groups is 1. The molecule has 1 amide bonds. The number of hydrogen-bond donors (Lipinski definition) is 2. The summed E-state index contributed by atoms with van der Waals surface area (Å²) in [6.07, 6.45) is 10.7. The highest BCUT2D eigenvalue weighted by Crippen LogP contribution is 2.29. The van der Waals surface area contributed by atoms with Gasteiger partial charge >= 0.3 is 0 Å². The number of nitrogens with one attached hydrogen (secondary N) is 2. The number of terminal acetylenes is 1. The number of aliphatic imine (C=N–C) groups is 1. The fourth-order valence-corrected chi connectivity index (χ4v) is 4.24. The van der Waals surface area contributed by atoms with E-state index in [4.69, 9.17) is 20.9 Å². The van der Waals surface area contributed by atoms with Crippen LogP contribution in [-0.2, 0) is 11.3 Å². The van der Waals surface area contributed by atoms with E-state index in [-0.39, 0.29) is 18.6 Å². The second-order valence-corrected chi connectivity index (χ2v) is 8.07. The van der Waals surface area contributed by atoms with Gasteiger partial charge in [0, 0.05) is 31.6 Å². The zero-order valence-electron chi connectivity index (χ0n) is 18.7. The Balaban J connectivity index is 1.59. The molecular weight excluding hydrogens is 392 g/mol. The summed E-state index contributed by atoms with van der Waals surface area (Å²) < 4.78 is 10.9. The van der Waals surface area contributed by atoms with Crippen molar-refractivity contribution in [2.24, 2.45) is 10.9 Å². The molecule has 1 aliphatic carbocycles. The number of guanidine groups is 1. The maximum absolute atomic E-state index is 12.7. The van der Waals surface area contributed by atoms with Gasteiger partial charge in [-0.2, -0.15) is 0 Å². The lowest BCUT2D eigenvalue weighted by molar-refractivity contribution is -0.134. The Morgan fingerprint density at radius 2 is 2.10 bits per heavy atom. The van der Waals surface area contributed by atoms with E-state index in [1.807, 2.05) is 30.0 Å². The van der Waals surface area contributed by atoms with E-state index >= 15 is 0 Å². The summed E-state index contributed by atoms with van der Waals surface area (Å²) in [5.74, 6) is 5.06. The lowest BCUT2D eigenvalue weighted by atomic mass is 10.1. The van der Waals surface area contributed by atoms with Gasteiger partial charge in [-0.3, -0.25) is 4.79 Å². The number of likely N-dealkylation sites (tertiary alicyclic amines) is 1. The number of methoxy groups -OCH3 is 1. The molecule has 1 aromatic carbocycles. The standard InChI is InChI=1S/C24H34N4O3/c1-4-14-31-22-15-18(10-11-21(22)30-3)16-26-24(25-5-2)27-20-12-13-28(17-20)23(29)19-8-6-7-9-19/h1,10-11,15,19-20H,5-9,12-14,16-17H2,2-3H3,(H2,25,26,27). The number of carbonyl (C=O) groups excluding carboxylic acids is 1. The number of ether oxygens (including phenoxy) is 2. The van der Waals surface area contributed by atoms with Gasteiger partial charge in [0.2, 0.25) is 5.91 Å². The van der Waals surface area contributed by atoms with Crippen LogP contribution in [0, 0.1) is 18.3 Å². The van der Waals surface area contributed by atoms with Crippen LogP contribution in [-0.4, -0.2) is 56.2 Å². The Kier molecular flexibility index (Phi) is 8.45. The van der Waals surface area contributed by atoms with Crippen LogP contribution in [0.15, 0.2) is 23.2 Å². The van der Waals surface area contributed by atoms with Gasteiger partial charge in [-0.1, -0.05) is 24.8 Å². The molecule has 1 heterocycles. The maximum atomic E-state index is 12.7. The summed E-state index contributed by atoms with van der Waals surface area (Å²) in [5, 5.41) is 6.80. The summed E-state index contributed by atoms with van der Waals surface area (Å²) in [5.41, 5.74) is 0.995. The van der Waals surface area contributed by atoms with Crippen molar-refractivity contribution in [2.45, 2.75) is 51.6 Å². The topological polar surface area (TPSA) is 75.2 Å². The summed E-state index contributed by atoms with van der Waals surface area (Å²) in [4.78, 5) is 19.4. The Hall–Kier alpha value is -2.88. The van der Waals surface area contributed by atoms with Crippen LogP contribution < -0.4 is 20.1 Å². The van der Waals surface area contributed by atoms with Crippen molar-refractivity contribution in [2.75, 3.05) is 33.4 Å². The third-order valence-electron chi connectivity index (χ3n) is 5.85.